The van der Waals surface area contributed by atoms with E-state index in [1.54, 1.807) is 0 Å². The van der Waals surface area contributed by atoms with Gasteiger partial charge in [-0.1, -0.05) is 6.58 Å². The lowest BCUT2D eigenvalue weighted by molar-refractivity contribution is -0.226. The minimum Gasteiger partial charge on any atom is -0.321 e. The second kappa shape index (κ2) is 4.37. The highest BCUT2D eigenvalue weighted by Crippen LogP contribution is 1.81. The number of hydrogen-bond acceptors (Lipinski definition) is 4. The van der Waals surface area contributed by atoms with E-state index < -0.39 is 12.1 Å². The number of hydrogen-bond donors (Lipinski definition) is 1. The third kappa shape index (κ3) is 3.48. The Morgan fingerprint density at radius 1 is 1.50 bits per heavy atom. The predicted octanol–water partition coefficient (Wildman–Crippen LogP) is -0.0134. The topological polar surface area (TPSA) is 64.6 Å². The molecule has 0 aliphatic heterocycles. The lowest BCUT2D eigenvalue weighted by atomic mass is 10.7. The average molecular weight is 145 g/mol. The molecule has 0 aliphatic carbocycles. The summed E-state index contributed by atoms with van der Waals surface area (Å²) >= 11 is 0. The Labute approximate surface area is 57.5 Å². The van der Waals surface area contributed by atoms with Crippen molar-refractivity contribution in [1.29, 1.82) is 0 Å². The summed E-state index contributed by atoms with van der Waals surface area (Å²) in [5.74, 6) is -0.816. The molecule has 10 heavy (non-hydrogen) atoms. The first-order valence-corrected chi connectivity index (χ1v) is 2.43. The minimum atomic E-state index is -0.838. The van der Waals surface area contributed by atoms with Gasteiger partial charge in [-0.05, 0) is 0 Å². The van der Waals surface area contributed by atoms with Gasteiger partial charge in [0.1, 0.15) is 0 Å². The minimum absolute atomic E-state index is 0.816. The summed E-state index contributed by atoms with van der Waals surface area (Å²) < 4.78 is 0. The maximum absolute atomic E-state index is 10.2. The van der Waals surface area contributed by atoms with Crippen LogP contribution in [0.5, 0.6) is 0 Å². The van der Waals surface area contributed by atoms with Crippen LogP contribution >= 0.6 is 0 Å². The van der Waals surface area contributed by atoms with Gasteiger partial charge >= 0.3 is 12.1 Å². The van der Waals surface area contributed by atoms with Gasteiger partial charge < -0.3 is 5.32 Å². The molecule has 5 heteroatoms. The first-order valence-electron chi connectivity index (χ1n) is 2.43. The summed E-state index contributed by atoms with van der Waals surface area (Å²) in [6, 6.07) is 0. The SMILES string of the molecule is C=CC(=O)OOC(=O)NC. The number of rotatable bonds is 1. The lowest BCUT2D eigenvalue weighted by Crippen LogP contribution is -2.20. The third-order valence-corrected chi connectivity index (χ3v) is 0.570. The van der Waals surface area contributed by atoms with E-state index in [1.165, 1.54) is 7.05 Å². The molecule has 0 aromatic carbocycles. The fourth-order valence-corrected chi connectivity index (χ4v) is 0.155. The Balaban J connectivity index is 3.44. The largest absolute Gasteiger partial charge is 0.450 e. The predicted molar refractivity (Wildman–Crippen MR) is 31.8 cm³/mol. The first-order chi connectivity index (χ1) is 4.70. The Morgan fingerprint density at radius 2 is 2.10 bits per heavy atom. The standard InChI is InChI=1S/C5H7NO4/c1-3-4(7)9-10-5(8)6-2/h3H,1H2,2H3,(H,6,8). The zero-order valence-corrected chi connectivity index (χ0v) is 5.42. The molecule has 0 aromatic heterocycles. The van der Waals surface area contributed by atoms with Crippen molar-refractivity contribution in [2.45, 2.75) is 0 Å². The van der Waals surface area contributed by atoms with Crippen molar-refractivity contribution >= 4 is 12.1 Å². The van der Waals surface area contributed by atoms with Crippen LogP contribution in [0.25, 0.3) is 0 Å². The molecule has 56 valence electrons. The van der Waals surface area contributed by atoms with Gasteiger partial charge in [0, 0.05) is 13.1 Å². The number of carbonyl (C=O) groups excluding carboxylic acids is 2. The average Bonchev–Trinajstić information content (AvgIpc) is 1.99. The number of nitrogens with one attached hydrogen (secondary N) is 1. The first kappa shape index (κ1) is 8.48. The van der Waals surface area contributed by atoms with Crippen LogP contribution < -0.4 is 5.32 Å². The fraction of sp³-hybridized carbons (Fsp3) is 0.200. The second-order valence-corrected chi connectivity index (χ2v) is 1.23. The van der Waals surface area contributed by atoms with Crippen LogP contribution in [0, 0.1) is 0 Å². The van der Waals surface area contributed by atoms with E-state index in [-0.39, 0.29) is 0 Å². The summed E-state index contributed by atoms with van der Waals surface area (Å²) in [5, 5.41) is 2.07. The zero-order chi connectivity index (χ0) is 7.98. The van der Waals surface area contributed by atoms with Gasteiger partial charge in [0.05, 0.1) is 0 Å². The molecule has 0 saturated carbocycles. The molecule has 0 aromatic rings. The Kier molecular flexibility index (Phi) is 3.70. The molecule has 1 amide bonds. The van der Waals surface area contributed by atoms with Crippen LogP contribution in [-0.4, -0.2) is 19.1 Å². The van der Waals surface area contributed by atoms with Crippen molar-refractivity contribution in [3.05, 3.63) is 12.7 Å². The van der Waals surface area contributed by atoms with Crippen molar-refractivity contribution < 1.29 is 19.4 Å². The van der Waals surface area contributed by atoms with Crippen LogP contribution in [-0.2, 0) is 14.6 Å². The highest BCUT2D eigenvalue weighted by Gasteiger charge is 2.01. The second-order valence-electron chi connectivity index (χ2n) is 1.23. The van der Waals surface area contributed by atoms with Crippen molar-refractivity contribution in [3.63, 3.8) is 0 Å². The van der Waals surface area contributed by atoms with Gasteiger partial charge in [-0.2, -0.15) is 0 Å². The molecular weight excluding hydrogens is 138 g/mol. The van der Waals surface area contributed by atoms with Crippen molar-refractivity contribution in [1.82, 2.24) is 5.32 Å². The lowest BCUT2D eigenvalue weighted by Gasteiger charge is -1.97. The van der Waals surface area contributed by atoms with Crippen LogP contribution in [0.3, 0.4) is 0 Å². The molecule has 0 rings (SSSR count). The zero-order valence-electron chi connectivity index (χ0n) is 5.42. The molecular formula is C5H7NO4. The summed E-state index contributed by atoms with van der Waals surface area (Å²) in [4.78, 5) is 28.1. The van der Waals surface area contributed by atoms with Gasteiger partial charge in [0.15, 0.2) is 0 Å². The molecule has 1 N–H and O–H groups in total. The van der Waals surface area contributed by atoms with Crippen LogP contribution in [0.2, 0.25) is 0 Å². The maximum atomic E-state index is 10.2. The molecule has 0 heterocycles. The monoisotopic (exact) mass is 145 g/mol. The number of carbonyl (C=O) groups is 2. The van der Waals surface area contributed by atoms with E-state index in [0.29, 0.717) is 0 Å². The van der Waals surface area contributed by atoms with E-state index >= 15 is 0 Å². The quantitative estimate of drug-likeness (QED) is 0.320. The number of amides is 1. The molecule has 0 bridgehead atoms. The molecule has 0 unspecified atom stereocenters. The molecule has 0 atom stereocenters. The maximum Gasteiger partial charge on any atom is 0.450 e. The third-order valence-electron chi connectivity index (χ3n) is 0.570. The molecule has 0 radical (unpaired) electrons. The van der Waals surface area contributed by atoms with Gasteiger partial charge in [0.25, 0.3) is 0 Å². The highest BCUT2D eigenvalue weighted by molar-refractivity contribution is 5.81. The molecule has 0 aliphatic rings. The van der Waals surface area contributed by atoms with Crippen LogP contribution in [0.15, 0.2) is 12.7 Å². The van der Waals surface area contributed by atoms with Gasteiger partial charge in [0.2, 0.25) is 0 Å². The van der Waals surface area contributed by atoms with Crippen molar-refractivity contribution in [2.24, 2.45) is 0 Å². The van der Waals surface area contributed by atoms with E-state index in [0.717, 1.165) is 6.08 Å². The Hall–Kier alpha value is -1.52. The summed E-state index contributed by atoms with van der Waals surface area (Å²) in [5.41, 5.74) is 0. The van der Waals surface area contributed by atoms with Crippen LogP contribution in [0.4, 0.5) is 4.79 Å². The fourth-order valence-electron chi connectivity index (χ4n) is 0.155. The van der Waals surface area contributed by atoms with Crippen LogP contribution in [0.1, 0.15) is 0 Å². The molecule has 0 fully saturated rings. The molecule has 0 saturated heterocycles. The van der Waals surface area contributed by atoms with Crippen molar-refractivity contribution in [3.8, 4) is 0 Å². The summed E-state index contributed by atoms with van der Waals surface area (Å²) in [6.07, 6.45) is 0.0401. The Morgan fingerprint density at radius 3 is 2.50 bits per heavy atom. The van der Waals surface area contributed by atoms with Gasteiger partial charge in [-0.3, -0.25) is 0 Å². The van der Waals surface area contributed by atoms with Gasteiger partial charge in [-0.25, -0.2) is 19.4 Å². The Bertz CT molecular complexity index is 154. The van der Waals surface area contributed by atoms with Gasteiger partial charge in [-0.15, -0.1) is 0 Å². The van der Waals surface area contributed by atoms with Crippen molar-refractivity contribution in [2.75, 3.05) is 7.05 Å². The van der Waals surface area contributed by atoms with E-state index in [1.807, 2.05) is 0 Å². The molecule has 0 spiro atoms. The highest BCUT2D eigenvalue weighted by atomic mass is 17.2. The smallest absolute Gasteiger partial charge is 0.321 e. The molecule has 5 nitrogen and oxygen atoms in total. The van der Waals surface area contributed by atoms with E-state index in [2.05, 4.69) is 21.7 Å². The van der Waals surface area contributed by atoms with E-state index in [4.69, 9.17) is 0 Å². The summed E-state index contributed by atoms with van der Waals surface area (Å²) in [6.45, 7) is 3.08. The normalized spacial score (nSPS) is 7.70. The van der Waals surface area contributed by atoms with E-state index in [9.17, 15) is 9.59 Å². The summed E-state index contributed by atoms with van der Waals surface area (Å²) in [7, 11) is 1.34.